The third-order valence-corrected chi connectivity index (χ3v) is 13.4. The number of amides is 1. The smallest absolute Gasteiger partial charge is 0.220 e. The van der Waals surface area contributed by atoms with Crippen molar-refractivity contribution in [3.63, 3.8) is 0 Å². The van der Waals surface area contributed by atoms with Crippen LogP contribution in [0, 0.1) is 0 Å². The van der Waals surface area contributed by atoms with Gasteiger partial charge in [-0.2, -0.15) is 0 Å². The molecule has 0 aliphatic carbocycles. The Balaban J connectivity index is 2.25. The Bertz CT molecular complexity index is 997. The molecule has 7 atom stereocenters. The van der Waals surface area contributed by atoms with E-state index in [2.05, 4.69) is 19.2 Å². The minimum absolute atomic E-state index is 0.171. The van der Waals surface area contributed by atoms with E-state index in [0.717, 1.165) is 38.5 Å². The molecule has 1 rings (SSSR count). The summed E-state index contributed by atoms with van der Waals surface area (Å²) in [5.41, 5.74) is 0. The van der Waals surface area contributed by atoms with Gasteiger partial charge in [-0.15, -0.1) is 0 Å². The molecular weight excluding hydrogens is 791 g/mol. The Kier molecular flexibility index (Phi) is 42.6. The highest BCUT2D eigenvalue weighted by atomic mass is 16.7. The summed E-state index contributed by atoms with van der Waals surface area (Å²) < 4.78 is 11.3. The third kappa shape index (κ3) is 34.8. The fourth-order valence-corrected chi connectivity index (χ4v) is 8.98. The quantitative estimate of drug-likeness (QED) is 0.0261. The molecule has 1 aliphatic rings. The van der Waals surface area contributed by atoms with Gasteiger partial charge in [-0.1, -0.05) is 257 Å². The molecule has 1 saturated heterocycles. The van der Waals surface area contributed by atoms with Crippen molar-refractivity contribution >= 4 is 5.91 Å². The van der Waals surface area contributed by atoms with Crippen LogP contribution < -0.4 is 5.32 Å². The molecule has 0 aromatic rings. The van der Waals surface area contributed by atoms with E-state index < -0.39 is 49.5 Å². The lowest BCUT2D eigenvalue weighted by molar-refractivity contribution is -0.302. The number of allylic oxidation sites excluding steroid dienone is 1. The Labute approximate surface area is 388 Å². The highest BCUT2D eigenvalue weighted by molar-refractivity contribution is 5.76. The summed E-state index contributed by atoms with van der Waals surface area (Å²) in [6.45, 7) is 3.82. The summed E-state index contributed by atoms with van der Waals surface area (Å²) in [4.78, 5) is 13.0. The maximum atomic E-state index is 13.0. The van der Waals surface area contributed by atoms with E-state index >= 15 is 0 Å². The second kappa shape index (κ2) is 44.7. The minimum Gasteiger partial charge on any atom is -0.394 e. The SMILES string of the molecule is CCCCCCCCCCCCCCCCCCC/C=C/C(O)C(COC1OC(CO)C(O)C(O)C1O)NC(=O)CCCCCCCCCCCCCCCCCCCCCCC. The number of rotatable bonds is 47. The van der Waals surface area contributed by atoms with Crippen molar-refractivity contribution in [1.82, 2.24) is 5.32 Å². The summed E-state index contributed by atoms with van der Waals surface area (Å²) in [5, 5.41) is 54.4. The van der Waals surface area contributed by atoms with Crippen molar-refractivity contribution < 1.29 is 39.8 Å². The average Bonchev–Trinajstić information content (AvgIpc) is 3.28. The highest BCUT2D eigenvalue weighted by Crippen LogP contribution is 2.23. The van der Waals surface area contributed by atoms with Crippen molar-refractivity contribution in [3.8, 4) is 0 Å². The molecule has 1 fully saturated rings. The van der Waals surface area contributed by atoms with Crippen LogP contribution in [0.25, 0.3) is 0 Å². The molecule has 7 unspecified atom stereocenters. The molecule has 1 aliphatic heterocycles. The van der Waals surface area contributed by atoms with Crippen LogP contribution in [0.4, 0.5) is 0 Å². The summed E-state index contributed by atoms with van der Waals surface area (Å²) in [6.07, 6.45) is 46.9. The van der Waals surface area contributed by atoms with Gasteiger partial charge in [0, 0.05) is 6.42 Å². The number of unbranched alkanes of at least 4 members (excludes halogenated alkanes) is 37. The fraction of sp³-hybridized carbons (Fsp3) is 0.944. The lowest BCUT2D eigenvalue weighted by Gasteiger charge is -2.40. The van der Waals surface area contributed by atoms with Crippen LogP contribution in [0.1, 0.15) is 271 Å². The molecule has 6 N–H and O–H groups in total. The van der Waals surface area contributed by atoms with E-state index in [4.69, 9.17) is 9.47 Å². The van der Waals surface area contributed by atoms with Crippen LogP contribution in [-0.2, 0) is 14.3 Å². The van der Waals surface area contributed by atoms with Gasteiger partial charge in [0.15, 0.2) is 6.29 Å². The van der Waals surface area contributed by atoms with Crippen molar-refractivity contribution in [2.24, 2.45) is 0 Å². The molecule has 9 heteroatoms. The first kappa shape index (κ1) is 59.9. The van der Waals surface area contributed by atoms with Crippen molar-refractivity contribution in [1.29, 1.82) is 0 Å². The molecule has 1 amide bonds. The second-order valence-corrected chi connectivity index (χ2v) is 19.4. The number of carbonyl (C=O) groups excluding carboxylic acids is 1. The predicted molar refractivity (Wildman–Crippen MR) is 263 cm³/mol. The number of carbonyl (C=O) groups is 1. The van der Waals surface area contributed by atoms with E-state index in [1.54, 1.807) is 6.08 Å². The zero-order valence-corrected chi connectivity index (χ0v) is 41.4. The molecule has 9 nitrogen and oxygen atoms in total. The molecule has 0 aromatic carbocycles. The van der Waals surface area contributed by atoms with Crippen LogP contribution in [0.2, 0.25) is 0 Å². The number of nitrogens with one attached hydrogen (secondary N) is 1. The van der Waals surface area contributed by atoms with Gasteiger partial charge in [-0.3, -0.25) is 4.79 Å². The normalized spacial score (nSPS) is 20.1. The van der Waals surface area contributed by atoms with E-state index in [1.807, 2.05) is 6.08 Å². The molecular formula is C54H105NO8. The van der Waals surface area contributed by atoms with Crippen molar-refractivity contribution in [2.75, 3.05) is 13.2 Å². The molecule has 0 radical (unpaired) electrons. The van der Waals surface area contributed by atoms with Gasteiger partial charge in [-0.25, -0.2) is 0 Å². The first-order chi connectivity index (χ1) is 30.8. The maximum Gasteiger partial charge on any atom is 0.220 e. The third-order valence-electron chi connectivity index (χ3n) is 13.4. The standard InChI is InChI=1S/C54H105NO8/c1-3-5-7-9-11-13-15-17-19-21-23-24-26-28-30-32-34-36-38-40-42-44-50(58)55-47(46-62-54-53(61)52(60)51(59)49(45-56)63-54)48(57)43-41-39-37-35-33-31-29-27-25-22-20-18-16-14-12-10-8-6-4-2/h41,43,47-49,51-54,56-57,59-61H,3-40,42,44-46H2,1-2H3,(H,55,58)/b43-41+. The topological polar surface area (TPSA) is 149 Å². The predicted octanol–water partition coefficient (Wildman–Crippen LogP) is 12.8. The molecule has 63 heavy (non-hydrogen) atoms. The summed E-state index contributed by atoms with van der Waals surface area (Å²) >= 11 is 0. The van der Waals surface area contributed by atoms with E-state index in [1.165, 1.54) is 212 Å². The Morgan fingerprint density at radius 2 is 0.873 bits per heavy atom. The molecule has 0 aromatic heterocycles. The zero-order chi connectivity index (χ0) is 45.9. The minimum atomic E-state index is -1.56. The van der Waals surface area contributed by atoms with Gasteiger partial charge >= 0.3 is 0 Å². The van der Waals surface area contributed by atoms with Crippen LogP contribution in [-0.4, -0.2) is 87.5 Å². The van der Waals surface area contributed by atoms with Crippen LogP contribution in [0.15, 0.2) is 12.2 Å². The van der Waals surface area contributed by atoms with Gasteiger partial charge in [0.05, 0.1) is 25.4 Å². The fourth-order valence-electron chi connectivity index (χ4n) is 8.98. The lowest BCUT2D eigenvalue weighted by Crippen LogP contribution is -2.60. The van der Waals surface area contributed by atoms with Gasteiger partial charge < -0.3 is 40.3 Å². The summed E-state index contributed by atoms with van der Waals surface area (Å²) in [5.74, 6) is -0.171. The number of hydrogen-bond donors (Lipinski definition) is 6. The van der Waals surface area contributed by atoms with E-state index in [0.29, 0.717) is 6.42 Å². The maximum absolute atomic E-state index is 13.0. The van der Waals surface area contributed by atoms with Crippen LogP contribution in [0.3, 0.4) is 0 Å². The monoisotopic (exact) mass is 896 g/mol. The second-order valence-electron chi connectivity index (χ2n) is 19.4. The first-order valence-electron chi connectivity index (χ1n) is 27.4. The zero-order valence-electron chi connectivity index (χ0n) is 41.4. The molecule has 0 saturated carbocycles. The molecule has 374 valence electrons. The number of aliphatic hydroxyl groups excluding tert-OH is 5. The van der Waals surface area contributed by atoms with Crippen molar-refractivity contribution in [3.05, 3.63) is 12.2 Å². The lowest BCUT2D eigenvalue weighted by atomic mass is 9.99. The largest absolute Gasteiger partial charge is 0.394 e. The summed E-state index contributed by atoms with van der Waals surface area (Å²) in [6, 6.07) is -0.799. The Hall–Kier alpha value is -1.07. The molecule has 0 spiro atoms. The van der Waals surface area contributed by atoms with Crippen LogP contribution in [0.5, 0.6) is 0 Å². The van der Waals surface area contributed by atoms with Gasteiger partial charge in [0.25, 0.3) is 0 Å². The number of ether oxygens (including phenoxy) is 2. The number of hydrogen-bond acceptors (Lipinski definition) is 8. The first-order valence-corrected chi connectivity index (χ1v) is 27.4. The van der Waals surface area contributed by atoms with Crippen LogP contribution >= 0.6 is 0 Å². The molecule has 0 bridgehead atoms. The van der Waals surface area contributed by atoms with E-state index in [9.17, 15) is 30.3 Å². The average molecular weight is 896 g/mol. The van der Waals surface area contributed by atoms with Crippen molar-refractivity contribution in [2.45, 2.75) is 314 Å². The van der Waals surface area contributed by atoms with E-state index in [-0.39, 0.29) is 12.5 Å². The summed E-state index contributed by atoms with van der Waals surface area (Å²) in [7, 11) is 0. The molecule has 1 heterocycles. The van der Waals surface area contributed by atoms with Gasteiger partial charge in [0.2, 0.25) is 5.91 Å². The highest BCUT2D eigenvalue weighted by Gasteiger charge is 2.44. The Morgan fingerprint density at radius 1 is 0.524 bits per heavy atom. The van der Waals surface area contributed by atoms with Gasteiger partial charge in [0.1, 0.15) is 24.4 Å². The Morgan fingerprint density at radius 3 is 1.24 bits per heavy atom. The van der Waals surface area contributed by atoms with Gasteiger partial charge in [-0.05, 0) is 19.3 Å². The number of aliphatic hydroxyl groups is 5.